The number of carbonyl (C=O) groups excluding carboxylic acids is 1. The van der Waals surface area contributed by atoms with Crippen LogP contribution >= 0.6 is 23.7 Å². The van der Waals surface area contributed by atoms with E-state index in [1.165, 1.54) is 18.4 Å². The smallest absolute Gasteiger partial charge is 0.341 e. The molecule has 0 radical (unpaired) electrons. The number of anilines is 1. The number of thiazole rings is 1. The topological polar surface area (TPSA) is 81.6 Å². The first-order chi connectivity index (χ1) is 9.49. The van der Waals surface area contributed by atoms with Crippen molar-refractivity contribution in [2.75, 3.05) is 19.9 Å². The minimum absolute atomic E-state index is 0. The molecule has 2 aromatic rings. The summed E-state index contributed by atoms with van der Waals surface area (Å²) < 4.78 is 10.3. The predicted octanol–water partition coefficient (Wildman–Crippen LogP) is 2.47. The number of halogens is 1. The van der Waals surface area contributed by atoms with E-state index in [0.717, 1.165) is 17.2 Å². The van der Waals surface area contributed by atoms with Crippen molar-refractivity contribution in [3.05, 3.63) is 34.2 Å². The Morgan fingerprint density at radius 1 is 1.52 bits per heavy atom. The summed E-state index contributed by atoms with van der Waals surface area (Å²) in [7, 11) is 3.32. The first kappa shape index (κ1) is 17.5. The molecule has 0 amide bonds. The third-order valence-corrected chi connectivity index (χ3v) is 3.61. The Balaban J connectivity index is 0.00000220. The van der Waals surface area contributed by atoms with E-state index >= 15 is 0 Å². The Morgan fingerprint density at radius 3 is 2.81 bits per heavy atom. The van der Waals surface area contributed by atoms with Gasteiger partial charge >= 0.3 is 5.97 Å². The van der Waals surface area contributed by atoms with Crippen LogP contribution in [0.3, 0.4) is 0 Å². The maximum Gasteiger partial charge on any atom is 0.341 e. The highest BCUT2D eigenvalue weighted by atomic mass is 35.5. The summed E-state index contributed by atoms with van der Waals surface area (Å²) in [5, 5.41) is 0.565. The van der Waals surface area contributed by atoms with Crippen molar-refractivity contribution < 1.29 is 13.9 Å². The van der Waals surface area contributed by atoms with Crippen molar-refractivity contribution in [3.63, 3.8) is 0 Å². The van der Waals surface area contributed by atoms with Crippen LogP contribution in [-0.4, -0.2) is 30.0 Å². The molecule has 21 heavy (non-hydrogen) atoms. The second-order valence-corrected chi connectivity index (χ2v) is 5.66. The molecule has 0 aromatic carbocycles. The Hall–Kier alpha value is -1.57. The largest absolute Gasteiger partial charge is 0.465 e. The molecular formula is C13H18ClN3O3S. The van der Waals surface area contributed by atoms with Gasteiger partial charge in [0.05, 0.1) is 13.7 Å². The van der Waals surface area contributed by atoms with Gasteiger partial charge in [0, 0.05) is 17.6 Å². The maximum atomic E-state index is 11.5. The Bertz CT molecular complexity index is 612. The van der Waals surface area contributed by atoms with Crippen LogP contribution in [0.4, 0.5) is 5.13 Å². The van der Waals surface area contributed by atoms with Gasteiger partial charge in [-0.25, -0.2) is 9.78 Å². The summed E-state index contributed by atoms with van der Waals surface area (Å²) in [6.45, 7) is 3.07. The van der Waals surface area contributed by atoms with E-state index in [-0.39, 0.29) is 18.4 Å². The van der Waals surface area contributed by atoms with Gasteiger partial charge in [0.1, 0.15) is 17.1 Å². The van der Waals surface area contributed by atoms with Crippen LogP contribution in [0, 0.1) is 6.92 Å². The molecular weight excluding hydrogens is 314 g/mol. The molecule has 0 atom stereocenters. The first-order valence-corrected chi connectivity index (χ1v) is 6.87. The van der Waals surface area contributed by atoms with Crippen molar-refractivity contribution in [2.24, 2.45) is 0 Å². The van der Waals surface area contributed by atoms with Gasteiger partial charge in [-0.15, -0.1) is 23.7 Å². The van der Waals surface area contributed by atoms with Gasteiger partial charge in [0.25, 0.3) is 0 Å². The van der Waals surface area contributed by atoms with Gasteiger partial charge in [-0.1, -0.05) is 0 Å². The molecule has 0 saturated heterocycles. The Labute approximate surface area is 133 Å². The fourth-order valence-corrected chi connectivity index (χ4v) is 2.68. The number of furan rings is 1. The van der Waals surface area contributed by atoms with E-state index in [0.29, 0.717) is 23.0 Å². The minimum atomic E-state index is -0.379. The highest BCUT2D eigenvalue weighted by Crippen LogP contribution is 2.20. The van der Waals surface area contributed by atoms with E-state index in [1.54, 1.807) is 19.2 Å². The van der Waals surface area contributed by atoms with Crippen LogP contribution in [0.15, 0.2) is 16.7 Å². The quantitative estimate of drug-likeness (QED) is 0.848. The number of rotatable bonds is 5. The normalized spacial score (nSPS) is 10.5. The molecule has 0 fully saturated rings. The fraction of sp³-hybridized carbons (Fsp3) is 0.385. The number of ether oxygens (including phenoxy) is 1. The molecule has 0 aliphatic heterocycles. The number of methoxy groups -OCH3 is 1. The van der Waals surface area contributed by atoms with Crippen LogP contribution in [0.2, 0.25) is 0 Å². The average molecular weight is 332 g/mol. The Morgan fingerprint density at radius 2 is 2.24 bits per heavy atom. The third kappa shape index (κ3) is 4.45. The van der Waals surface area contributed by atoms with E-state index in [4.69, 9.17) is 14.9 Å². The molecule has 2 N–H and O–H groups in total. The van der Waals surface area contributed by atoms with Crippen molar-refractivity contribution >= 4 is 34.8 Å². The van der Waals surface area contributed by atoms with Crippen molar-refractivity contribution in [1.82, 2.24) is 9.88 Å². The Kier molecular flexibility index (Phi) is 6.19. The molecule has 2 rings (SSSR count). The molecule has 6 nitrogen and oxygen atoms in total. The molecule has 8 heteroatoms. The molecule has 0 unspecified atom stereocenters. The fourth-order valence-electron chi connectivity index (χ4n) is 1.92. The van der Waals surface area contributed by atoms with Crippen LogP contribution in [0.25, 0.3) is 0 Å². The van der Waals surface area contributed by atoms with Crippen LogP contribution in [0.1, 0.15) is 26.8 Å². The zero-order valence-corrected chi connectivity index (χ0v) is 13.7. The number of nitrogens with two attached hydrogens (primary N) is 1. The highest BCUT2D eigenvalue weighted by Gasteiger charge is 2.16. The SMILES string of the molecule is COC(=O)c1cc(CN(C)Cc2cnc(N)s2)oc1C.Cl. The summed E-state index contributed by atoms with van der Waals surface area (Å²) in [5.41, 5.74) is 6.07. The van der Waals surface area contributed by atoms with Crippen LogP contribution < -0.4 is 5.73 Å². The lowest BCUT2D eigenvalue weighted by Gasteiger charge is -2.13. The van der Waals surface area contributed by atoms with E-state index < -0.39 is 0 Å². The number of aromatic nitrogens is 1. The van der Waals surface area contributed by atoms with Crippen molar-refractivity contribution in [3.8, 4) is 0 Å². The number of carbonyl (C=O) groups is 1. The van der Waals surface area contributed by atoms with Crippen molar-refractivity contribution in [1.29, 1.82) is 0 Å². The second-order valence-electron chi connectivity index (χ2n) is 4.51. The van der Waals surface area contributed by atoms with Gasteiger partial charge in [-0.05, 0) is 20.0 Å². The third-order valence-electron chi connectivity index (χ3n) is 2.80. The molecule has 2 heterocycles. The zero-order chi connectivity index (χ0) is 14.7. The van der Waals surface area contributed by atoms with Gasteiger partial charge in [0.15, 0.2) is 5.13 Å². The zero-order valence-electron chi connectivity index (χ0n) is 12.1. The monoisotopic (exact) mass is 331 g/mol. The maximum absolute atomic E-state index is 11.5. The summed E-state index contributed by atoms with van der Waals surface area (Å²) >= 11 is 1.46. The van der Waals surface area contributed by atoms with Crippen molar-refractivity contribution in [2.45, 2.75) is 20.0 Å². The van der Waals surface area contributed by atoms with E-state index in [9.17, 15) is 4.79 Å². The number of nitrogens with zero attached hydrogens (tertiary/aromatic N) is 2. The molecule has 0 saturated carbocycles. The van der Waals surface area contributed by atoms with E-state index in [1.807, 2.05) is 7.05 Å². The molecule has 2 aromatic heterocycles. The molecule has 0 aliphatic rings. The van der Waals surface area contributed by atoms with Gasteiger partial charge in [-0.2, -0.15) is 0 Å². The number of hydrogen-bond donors (Lipinski definition) is 1. The number of esters is 1. The van der Waals surface area contributed by atoms with Gasteiger partial charge in [-0.3, -0.25) is 4.90 Å². The van der Waals surface area contributed by atoms with Crippen LogP contribution in [-0.2, 0) is 17.8 Å². The number of hydrogen-bond acceptors (Lipinski definition) is 7. The lowest BCUT2D eigenvalue weighted by atomic mass is 10.2. The molecule has 0 bridgehead atoms. The summed E-state index contributed by atoms with van der Waals surface area (Å²) in [6.07, 6.45) is 1.77. The predicted molar refractivity (Wildman–Crippen MR) is 83.7 cm³/mol. The number of nitrogen functional groups attached to an aromatic ring is 1. The summed E-state index contributed by atoms with van der Waals surface area (Å²) in [5.74, 6) is 0.917. The van der Waals surface area contributed by atoms with Gasteiger partial charge in [0.2, 0.25) is 0 Å². The van der Waals surface area contributed by atoms with Gasteiger partial charge < -0.3 is 14.9 Å². The van der Waals surface area contributed by atoms with Crippen LogP contribution in [0.5, 0.6) is 0 Å². The van der Waals surface area contributed by atoms with E-state index in [2.05, 4.69) is 9.88 Å². The number of aryl methyl sites for hydroxylation is 1. The molecule has 0 spiro atoms. The lowest BCUT2D eigenvalue weighted by Crippen LogP contribution is -2.16. The minimum Gasteiger partial charge on any atom is -0.465 e. The average Bonchev–Trinajstić information content (AvgIpc) is 2.94. The summed E-state index contributed by atoms with van der Waals surface area (Å²) in [6, 6.07) is 1.72. The molecule has 116 valence electrons. The standard InChI is InChI=1S/C13H17N3O3S.ClH/c1-8-11(12(17)18-3)4-9(19-8)6-16(2)7-10-5-15-13(14)20-10;/h4-5H,6-7H2,1-3H3,(H2,14,15);1H. The highest BCUT2D eigenvalue weighted by molar-refractivity contribution is 7.15. The molecule has 0 aliphatic carbocycles. The second kappa shape index (κ2) is 7.44. The lowest BCUT2D eigenvalue weighted by molar-refractivity contribution is 0.0599. The summed E-state index contributed by atoms with van der Waals surface area (Å²) in [4.78, 5) is 18.7. The first-order valence-electron chi connectivity index (χ1n) is 6.06.